The number of nitrogens with one attached hydrogen (secondary N) is 1. The van der Waals surface area contributed by atoms with Crippen molar-refractivity contribution in [2.45, 2.75) is 4.90 Å². The number of nitrogens with zero attached hydrogens (tertiary/aromatic N) is 1. The Morgan fingerprint density at radius 1 is 1.30 bits per heavy atom. The highest BCUT2D eigenvalue weighted by Crippen LogP contribution is 2.28. The van der Waals surface area contributed by atoms with Gasteiger partial charge < -0.3 is 10.1 Å². The van der Waals surface area contributed by atoms with E-state index < -0.39 is 4.92 Å². The summed E-state index contributed by atoms with van der Waals surface area (Å²) < 4.78 is 5.28. The lowest BCUT2D eigenvalue weighted by atomic mass is 10.3. The number of amides is 1. The van der Waals surface area contributed by atoms with Crippen molar-refractivity contribution in [2.75, 3.05) is 18.2 Å². The van der Waals surface area contributed by atoms with Gasteiger partial charge >= 0.3 is 0 Å². The van der Waals surface area contributed by atoms with E-state index in [1.165, 1.54) is 18.2 Å². The number of rotatable bonds is 6. The number of ether oxygens (including phenoxy) is 1. The van der Waals surface area contributed by atoms with Crippen LogP contribution in [-0.2, 0) is 4.79 Å². The molecule has 1 amide bonds. The molecule has 23 heavy (non-hydrogen) atoms. The lowest BCUT2D eigenvalue weighted by Gasteiger charge is -2.09. The van der Waals surface area contributed by atoms with E-state index in [9.17, 15) is 14.9 Å². The average Bonchev–Trinajstić information content (AvgIpc) is 2.54. The van der Waals surface area contributed by atoms with Gasteiger partial charge in [-0.2, -0.15) is 0 Å². The number of carbonyl (C=O) groups excluding carboxylic acids is 1. The molecule has 0 aliphatic rings. The molecular weight excluding hydrogens is 340 g/mol. The summed E-state index contributed by atoms with van der Waals surface area (Å²) in [6.07, 6.45) is 1.97. The second-order valence-corrected chi connectivity index (χ2v) is 5.72. The van der Waals surface area contributed by atoms with E-state index in [2.05, 4.69) is 5.32 Å². The molecule has 0 aliphatic carbocycles. The standard InChI is InChI=1S/C15H13ClN2O4S/c1-23-12-5-2-10(3-6-12)17-15(19)9-22-14-7-4-11(18(20)21)8-13(14)16/h2-8H,9H2,1H3,(H,17,19). The van der Waals surface area contributed by atoms with Crippen molar-refractivity contribution in [3.63, 3.8) is 0 Å². The first-order chi connectivity index (χ1) is 11.0. The van der Waals surface area contributed by atoms with E-state index in [0.717, 1.165) is 4.90 Å². The van der Waals surface area contributed by atoms with Crippen molar-refractivity contribution >= 4 is 40.6 Å². The first-order valence-electron chi connectivity index (χ1n) is 6.50. The zero-order chi connectivity index (χ0) is 16.8. The van der Waals surface area contributed by atoms with Gasteiger partial charge in [0, 0.05) is 22.7 Å². The van der Waals surface area contributed by atoms with E-state index in [1.807, 2.05) is 18.4 Å². The Bertz CT molecular complexity index is 722. The number of non-ortho nitro benzene ring substituents is 1. The van der Waals surface area contributed by atoms with Crippen molar-refractivity contribution in [3.05, 3.63) is 57.6 Å². The van der Waals surface area contributed by atoms with Crippen LogP contribution in [0.5, 0.6) is 5.75 Å². The molecule has 0 radical (unpaired) electrons. The summed E-state index contributed by atoms with van der Waals surface area (Å²) in [4.78, 5) is 23.0. The number of halogens is 1. The maximum absolute atomic E-state index is 11.8. The monoisotopic (exact) mass is 352 g/mol. The van der Waals surface area contributed by atoms with Crippen LogP contribution in [0.25, 0.3) is 0 Å². The van der Waals surface area contributed by atoms with Gasteiger partial charge in [-0.1, -0.05) is 11.6 Å². The van der Waals surface area contributed by atoms with Crippen molar-refractivity contribution < 1.29 is 14.5 Å². The minimum absolute atomic E-state index is 0.0799. The van der Waals surface area contributed by atoms with Crippen LogP contribution in [0, 0.1) is 10.1 Å². The molecule has 0 bridgehead atoms. The molecule has 6 nitrogen and oxygen atoms in total. The molecule has 1 N–H and O–H groups in total. The number of anilines is 1. The largest absolute Gasteiger partial charge is 0.482 e. The predicted molar refractivity (Wildman–Crippen MR) is 90.5 cm³/mol. The second-order valence-electron chi connectivity index (χ2n) is 4.44. The summed E-state index contributed by atoms with van der Waals surface area (Å²) in [7, 11) is 0. The van der Waals surface area contributed by atoms with Crippen LogP contribution in [0.1, 0.15) is 0 Å². The SMILES string of the molecule is CSc1ccc(NC(=O)COc2ccc([N+](=O)[O-])cc2Cl)cc1. The number of nitro benzene ring substituents is 1. The highest BCUT2D eigenvalue weighted by Gasteiger charge is 2.11. The molecule has 0 spiro atoms. The number of thioether (sulfide) groups is 1. The van der Waals surface area contributed by atoms with Crippen molar-refractivity contribution in [1.29, 1.82) is 0 Å². The molecule has 0 fully saturated rings. The smallest absolute Gasteiger partial charge is 0.271 e. The predicted octanol–water partition coefficient (Wildman–Crippen LogP) is 3.99. The van der Waals surface area contributed by atoms with Crippen LogP contribution < -0.4 is 10.1 Å². The van der Waals surface area contributed by atoms with Crippen LogP contribution in [-0.4, -0.2) is 23.7 Å². The number of nitro groups is 1. The van der Waals surface area contributed by atoms with Crippen LogP contribution >= 0.6 is 23.4 Å². The number of hydrogen-bond acceptors (Lipinski definition) is 5. The molecule has 8 heteroatoms. The summed E-state index contributed by atoms with van der Waals surface area (Å²) in [5.74, 6) is -0.138. The van der Waals surface area contributed by atoms with Crippen LogP contribution in [0.3, 0.4) is 0 Å². The van der Waals surface area contributed by atoms with Gasteiger partial charge in [0.25, 0.3) is 11.6 Å². The molecule has 2 aromatic rings. The Morgan fingerprint density at radius 3 is 2.57 bits per heavy atom. The third kappa shape index (κ3) is 4.87. The molecule has 2 rings (SSSR count). The van der Waals surface area contributed by atoms with Crippen molar-refractivity contribution in [2.24, 2.45) is 0 Å². The van der Waals surface area contributed by atoms with Crippen molar-refractivity contribution in [3.8, 4) is 5.75 Å². The summed E-state index contributed by atoms with van der Waals surface area (Å²) in [6.45, 7) is -0.248. The number of benzene rings is 2. The maximum Gasteiger partial charge on any atom is 0.271 e. The molecule has 0 saturated heterocycles. The second kappa shape index (κ2) is 7.85. The quantitative estimate of drug-likeness (QED) is 0.483. The summed E-state index contributed by atoms with van der Waals surface area (Å²) >= 11 is 7.50. The Balaban J connectivity index is 1.92. The highest BCUT2D eigenvalue weighted by atomic mass is 35.5. The first-order valence-corrected chi connectivity index (χ1v) is 8.10. The van der Waals surface area contributed by atoms with Gasteiger partial charge in [-0.05, 0) is 36.6 Å². The molecule has 2 aromatic carbocycles. The maximum atomic E-state index is 11.8. The molecular formula is C15H13ClN2O4S. The lowest BCUT2D eigenvalue weighted by Crippen LogP contribution is -2.20. The van der Waals surface area contributed by atoms with Crippen LogP contribution in [0.2, 0.25) is 5.02 Å². The molecule has 0 aromatic heterocycles. The number of carbonyl (C=O) groups is 1. The zero-order valence-corrected chi connectivity index (χ0v) is 13.7. The third-order valence-electron chi connectivity index (χ3n) is 2.86. The van der Waals surface area contributed by atoms with E-state index in [-0.39, 0.29) is 29.0 Å². The fraction of sp³-hybridized carbons (Fsp3) is 0.133. The normalized spacial score (nSPS) is 10.2. The third-order valence-corrected chi connectivity index (χ3v) is 3.90. The van der Waals surface area contributed by atoms with Gasteiger partial charge in [0.1, 0.15) is 5.75 Å². The fourth-order valence-electron chi connectivity index (χ4n) is 1.74. The Morgan fingerprint density at radius 2 is 2.00 bits per heavy atom. The highest BCUT2D eigenvalue weighted by molar-refractivity contribution is 7.98. The van der Waals surface area contributed by atoms with E-state index in [0.29, 0.717) is 5.69 Å². The van der Waals surface area contributed by atoms with Gasteiger partial charge in [-0.15, -0.1) is 11.8 Å². The summed E-state index contributed by atoms with van der Waals surface area (Å²) in [5, 5.41) is 13.4. The van der Waals surface area contributed by atoms with Crippen LogP contribution in [0.4, 0.5) is 11.4 Å². The molecule has 0 aliphatic heterocycles. The molecule has 0 atom stereocenters. The first kappa shape index (κ1) is 17.1. The van der Waals surface area contributed by atoms with Crippen LogP contribution in [0.15, 0.2) is 47.4 Å². The van der Waals surface area contributed by atoms with Gasteiger partial charge in [0.15, 0.2) is 6.61 Å². The minimum atomic E-state index is -0.555. The fourth-order valence-corrected chi connectivity index (χ4v) is 2.37. The van der Waals surface area contributed by atoms with Gasteiger partial charge in [0.2, 0.25) is 0 Å². The minimum Gasteiger partial charge on any atom is -0.482 e. The van der Waals surface area contributed by atoms with Gasteiger partial charge in [-0.3, -0.25) is 14.9 Å². The Labute approximate surface area is 141 Å². The topological polar surface area (TPSA) is 81.5 Å². The average molecular weight is 353 g/mol. The molecule has 0 heterocycles. The van der Waals surface area contributed by atoms with Gasteiger partial charge in [-0.25, -0.2) is 0 Å². The summed E-state index contributed by atoms with van der Waals surface area (Å²) in [6, 6.07) is 11.2. The van der Waals surface area contributed by atoms with Gasteiger partial charge in [0.05, 0.1) is 9.95 Å². The summed E-state index contributed by atoms with van der Waals surface area (Å²) in [5.41, 5.74) is 0.520. The molecule has 0 saturated carbocycles. The Hall–Kier alpha value is -2.25. The Kier molecular flexibility index (Phi) is 5.84. The molecule has 0 unspecified atom stereocenters. The zero-order valence-electron chi connectivity index (χ0n) is 12.1. The van der Waals surface area contributed by atoms with E-state index in [1.54, 1.807) is 23.9 Å². The van der Waals surface area contributed by atoms with E-state index >= 15 is 0 Å². The lowest BCUT2D eigenvalue weighted by molar-refractivity contribution is -0.384. The number of hydrogen-bond donors (Lipinski definition) is 1. The van der Waals surface area contributed by atoms with Crippen molar-refractivity contribution in [1.82, 2.24) is 0 Å². The van der Waals surface area contributed by atoms with E-state index in [4.69, 9.17) is 16.3 Å². The molecule has 120 valence electrons.